The highest BCUT2D eigenvalue weighted by Crippen LogP contribution is 2.19. The number of hydrogen-bond acceptors (Lipinski definition) is 7. The summed E-state index contributed by atoms with van der Waals surface area (Å²) in [5.74, 6) is -2.38. The number of sulfonamides is 1. The van der Waals surface area contributed by atoms with E-state index >= 15 is 0 Å². The van der Waals surface area contributed by atoms with Gasteiger partial charge in [0.1, 0.15) is 0 Å². The van der Waals surface area contributed by atoms with Crippen LogP contribution in [0.1, 0.15) is 25.8 Å². The molecule has 39 heavy (non-hydrogen) atoms. The number of hydrogen-bond donors (Lipinski definition) is 2. The van der Waals surface area contributed by atoms with Gasteiger partial charge in [-0.15, -0.1) is 0 Å². The lowest BCUT2D eigenvalue weighted by atomic mass is 10.0. The second kappa shape index (κ2) is 15.5. The Morgan fingerprint density at radius 3 is 2.15 bits per heavy atom. The number of alkyl halides is 3. The fraction of sp³-hybridized carbons (Fsp3) is 0.680. The fourth-order valence-corrected chi connectivity index (χ4v) is 5.59. The molecule has 0 spiro atoms. The smallest absolute Gasteiger partial charge is 0.475 e. The van der Waals surface area contributed by atoms with Gasteiger partial charge in [-0.2, -0.15) is 17.5 Å². The zero-order valence-electron chi connectivity index (χ0n) is 22.5. The minimum absolute atomic E-state index is 0.112. The molecule has 0 atom stereocenters. The Labute approximate surface area is 228 Å². The third-order valence-corrected chi connectivity index (χ3v) is 8.07. The Bertz CT molecular complexity index is 1010. The van der Waals surface area contributed by atoms with Crippen molar-refractivity contribution in [2.24, 2.45) is 5.92 Å². The van der Waals surface area contributed by atoms with Crippen LogP contribution < -0.4 is 5.32 Å². The molecule has 0 bridgehead atoms. The first kappa shape index (κ1) is 32.9. The third kappa shape index (κ3) is 11.4. The van der Waals surface area contributed by atoms with E-state index in [9.17, 15) is 26.4 Å². The van der Waals surface area contributed by atoms with Gasteiger partial charge in [-0.1, -0.05) is 26.0 Å². The van der Waals surface area contributed by atoms with Crippen LogP contribution in [0.3, 0.4) is 0 Å². The number of carbonyl (C=O) groups is 2. The number of carbonyl (C=O) groups excluding carboxylic acids is 1. The van der Waals surface area contributed by atoms with Gasteiger partial charge in [-0.25, -0.2) is 13.2 Å². The van der Waals surface area contributed by atoms with Crippen LogP contribution in [0.2, 0.25) is 0 Å². The topological polar surface area (TPSA) is 119 Å². The lowest BCUT2D eigenvalue weighted by Crippen LogP contribution is -2.50. The van der Waals surface area contributed by atoms with Crippen LogP contribution in [-0.4, -0.2) is 118 Å². The van der Waals surface area contributed by atoms with Crippen LogP contribution in [0.25, 0.3) is 0 Å². The fourth-order valence-electron chi connectivity index (χ4n) is 4.16. The first-order chi connectivity index (χ1) is 18.3. The summed E-state index contributed by atoms with van der Waals surface area (Å²) in [5.41, 5.74) is 1.12. The van der Waals surface area contributed by atoms with Gasteiger partial charge in [0, 0.05) is 45.8 Å². The predicted molar refractivity (Wildman–Crippen MR) is 139 cm³/mol. The SMILES string of the molecule is CC(C)Cc1ccc(S(=O)(=O)N(CCCN2CCOCC2)CC(=O)N2CCNCC2)cc1.O=C(O)C(F)(F)F. The molecule has 2 N–H and O–H groups in total. The zero-order chi connectivity index (χ0) is 29.1. The van der Waals surface area contributed by atoms with Crippen molar-refractivity contribution in [1.82, 2.24) is 19.4 Å². The van der Waals surface area contributed by atoms with E-state index in [1.807, 2.05) is 12.1 Å². The van der Waals surface area contributed by atoms with E-state index in [1.54, 1.807) is 17.0 Å². The monoisotopic (exact) mass is 580 g/mol. The van der Waals surface area contributed by atoms with E-state index in [2.05, 4.69) is 24.1 Å². The summed E-state index contributed by atoms with van der Waals surface area (Å²) < 4.78 is 65.4. The minimum Gasteiger partial charge on any atom is -0.475 e. The highest BCUT2D eigenvalue weighted by atomic mass is 32.2. The van der Waals surface area contributed by atoms with Crippen molar-refractivity contribution in [1.29, 1.82) is 0 Å². The number of amides is 1. The van der Waals surface area contributed by atoms with Crippen LogP contribution >= 0.6 is 0 Å². The number of aliphatic carboxylic acids is 1. The number of benzene rings is 1. The van der Waals surface area contributed by atoms with E-state index in [-0.39, 0.29) is 17.3 Å². The van der Waals surface area contributed by atoms with Gasteiger partial charge < -0.3 is 20.1 Å². The van der Waals surface area contributed by atoms with Crippen molar-refractivity contribution in [3.8, 4) is 0 Å². The molecule has 3 rings (SSSR count). The lowest BCUT2D eigenvalue weighted by Gasteiger charge is -2.31. The Hall–Kier alpha value is -2.26. The molecular weight excluding hydrogens is 541 g/mol. The Morgan fingerprint density at radius 1 is 1.08 bits per heavy atom. The molecule has 14 heteroatoms. The summed E-state index contributed by atoms with van der Waals surface area (Å²) in [5, 5.41) is 10.4. The van der Waals surface area contributed by atoms with Gasteiger partial charge >= 0.3 is 12.1 Å². The summed E-state index contributed by atoms with van der Waals surface area (Å²) in [6, 6.07) is 7.13. The van der Waals surface area contributed by atoms with E-state index in [0.717, 1.165) is 44.7 Å². The predicted octanol–water partition coefficient (Wildman–Crippen LogP) is 1.66. The molecule has 0 radical (unpaired) electrons. The molecule has 10 nitrogen and oxygen atoms in total. The molecule has 0 saturated carbocycles. The molecular formula is C25H39F3N4O6S. The molecule has 1 aromatic carbocycles. The van der Waals surface area contributed by atoms with Crippen molar-refractivity contribution in [3.05, 3.63) is 29.8 Å². The van der Waals surface area contributed by atoms with Crippen LogP contribution in [0.4, 0.5) is 13.2 Å². The van der Waals surface area contributed by atoms with Gasteiger partial charge in [0.05, 0.1) is 24.7 Å². The number of nitrogens with one attached hydrogen (secondary N) is 1. The molecule has 2 aliphatic rings. The lowest BCUT2D eigenvalue weighted by molar-refractivity contribution is -0.192. The number of rotatable bonds is 10. The van der Waals surface area contributed by atoms with Crippen molar-refractivity contribution in [2.75, 3.05) is 72.1 Å². The quantitative estimate of drug-likeness (QED) is 0.429. The summed E-state index contributed by atoms with van der Waals surface area (Å²) in [6.07, 6.45) is -3.50. The second-order valence-corrected chi connectivity index (χ2v) is 11.8. The average Bonchev–Trinajstić information content (AvgIpc) is 2.89. The first-order valence-electron chi connectivity index (χ1n) is 13.0. The van der Waals surface area contributed by atoms with E-state index < -0.39 is 22.2 Å². The summed E-state index contributed by atoms with van der Waals surface area (Å²) in [4.78, 5) is 26.1. The Kier molecular flexibility index (Phi) is 13.1. The van der Waals surface area contributed by atoms with Crippen LogP contribution in [0.15, 0.2) is 29.2 Å². The summed E-state index contributed by atoms with van der Waals surface area (Å²) >= 11 is 0. The number of piperazine rings is 1. The first-order valence-corrected chi connectivity index (χ1v) is 14.4. The van der Waals surface area contributed by atoms with Crippen molar-refractivity contribution in [3.63, 3.8) is 0 Å². The van der Waals surface area contributed by atoms with E-state index in [1.165, 1.54) is 4.31 Å². The van der Waals surface area contributed by atoms with E-state index in [0.29, 0.717) is 45.2 Å². The van der Waals surface area contributed by atoms with Gasteiger partial charge in [0.2, 0.25) is 15.9 Å². The number of carboxylic acid groups (broad SMARTS) is 1. The molecule has 2 saturated heterocycles. The number of ether oxygens (including phenoxy) is 1. The summed E-state index contributed by atoms with van der Waals surface area (Å²) in [6.45, 7) is 11.2. The number of morpholine rings is 1. The normalized spacial score (nSPS) is 17.2. The highest BCUT2D eigenvalue weighted by Gasteiger charge is 2.38. The molecule has 0 aromatic heterocycles. The number of carboxylic acids is 1. The van der Waals surface area contributed by atoms with Gasteiger partial charge in [0.15, 0.2) is 0 Å². The minimum atomic E-state index is -5.08. The van der Waals surface area contributed by atoms with Crippen molar-refractivity contribution in [2.45, 2.75) is 37.8 Å². The maximum atomic E-state index is 13.5. The van der Waals surface area contributed by atoms with Gasteiger partial charge in [-0.05, 0) is 43.0 Å². The Balaban J connectivity index is 0.000000673. The number of nitrogens with zero attached hydrogens (tertiary/aromatic N) is 3. The molecule has 2 aliphatic heterocycles. The largest absolute Gasteiger partial charge is 0.490 e. The molecule has 1 aromatic rings. The Morgan fingerprint density at radius 2 is 1.64 bits per heavy atom. The highest BCUT2D eigenvalue weighted by molar-refractivity contribution is 7.89. The van der Waals surface area contributed by atoms with Gasteiger partial charge in [0.25, 0.3) is 0 Å². The maximum Gasteiger partial charge on any atom is 0.490 e. The number of halogens is 3. The third-order valence-electron chi connectivity index (χ3n) is 6.21. The molecule has 0 unspecified atom stereocenters. The second-order valence-electron chi connectivity index (χ2n) is 9.82. The average molecular weight is 581 g/mol. The standard InChI is InChI=1S/C23H38N4O4S.C2HF3O2/c1-20(2)18-21-4-6-22(7-5-21)32(29,30)27(11-3-10-25-14-16-31-17-15-25)19-23(28)26-12-8-24-9-13-26;3-2(4,5)1(6)7/h4-7,20,24H,3,8-19H2,1-2H3;(H,6,7). The van der Waals surface area contributed by atoms with E-state index in [4.69, 9.17) is 14.6 Å². The van der Waals surface area contributed by atoms with Crippen molar-refractivity contribution < 1.29 is 41.0 Å². The molecule has 222 valence electrons. The summed E-state index contributed by atoms with van der Waals surface area (Å²) in [7, 11) is -3.76. The van der Waals surface area contributed by atoms with Crippen LogP contribution in [-0.2, 0) is 30.8 Å². The van der Waals surface area contributed by atoms with Crippen LogP contribution in [0, 0.1) is 5.92 Å². The molecule has 1 amide bonds. The van der Waals surface area contributed by atoms with Crippen molar-refractivity contribution >= 4 is 21.9 Å². The molecule has 0 aliphatic carbocycles. The molecule has 2 fully saturated rings. The van der Waals surface area contributed by atoms with Gasteiger partial charge in [-0.3, -0.25) is 9.69 Å². The zero-order valence-corrected chi connectivity index (χ0v) is 23.3. The maximum absolute atomic E-state index is 13.5. The van der Waals surface area contributed by atoms with Crippen LogP contribution in [0.5, 0.6) is 0 Å². The molecule has 2 heterocycles.